The fourth-order valence-corrected chi connectivity index (χ4v) is 1.99. The Hall–Kier alpha value is -1.68. The Morgan fingerprint density at radius 3 is 2.72 bits per heavy atom. The summed E-state index contributed by atoms with van der Waals surface area (Å²) < 4.78 is 15.3. The summed E-state index contributed by atoms with van der Waals surface area (Å²) in [5.74, 6) is -0.372. The Morgan fingerprint density at radius 2 is 2.11 bits per heavy atom. The molecule has 2 aromatic rings. The van der Waals surface area contributed by atoms with E-state index >= 15 is 0 Å². The van der Waals surface area contributed by atoms with Gasteiger partial charge in [0.1, 0.15) is 5.82 Å². The van der Waals surface area contributed by atoms with Crippen LogP contribution in [0.2, 0.25) is 0 Å². The van der Waals surface area contributed by atoms with E-state index in [1.165, 1.54) is 6.07 Å². The molecule has 18 heavy (non-hydrogen) atoms. The van der Waals surface area contributed by atoms with Crippen molar-refractivity contribution in [1.82, 2.24) is 9.78 Å². The molecule has 1 aromatic carbocycles. The number of rotatable bonds is 4. The lowest BCUT2D eigenvalue weighted by Crippen LogP contribution is -2.07. The zero-order chi connectivity index (χ0) is 13.1. The number of hydrogen-bond acceptors (Lipinski definition) is 2. The summed E-state index contributed by atoms with van der Waals surface area (Å²) in [4.78, 5) is 0. The minimum absolute atomic E-state index is 0.330. The summed E-state index contributed by atoms with van der Waals surface area (Å²) in [5.41, 5.74) is 2.22. The van der Waals surface area contributed by atoms with E-state index in [9.17, 15) is 9.50 Å². The summed E-state index contributed by atoms with van der Waals surface area (Å²) in [6.45, 7) is 2.03. The lowest BCUT2D eigenvalue weighted by atomic mass is 10.0. The number of hydrogen-bond donors (Lipinski definition) is 1. The van der Waals surface area contributed by atoms with Crippen LogP contribution in [0.15, 0.2) is 30.3 Å². The summed E-state index contributed by atoms with van der Waals surface area (Å²) in [6.07, 6.45) is 0.375. The molecule has 0 spiro atoms. The Labute approximate surface area is 106 Å². The second kappa shape index (κ2) is 5.31. The highest BCUT2D eigenvalue weighted by Gasteiger charge is 2.15. The van der Waals surface area contributed by atoms with Gasteiger partial charge in [0.25, 0.3) is 0 Å². The molecule has 1 heterocycles. The first-order valence-electron chi connectivity index (χ1n) is 6.06. The molecule has 1 unspecified atom stereocenters. The van der Waals surface area contributed by atoms with E-state index in [0.717, 1.165) is 17.8 Å². The van der Waals surface area contributed by atoms with Gasteiger partial charge in [-0.05, 0) is 18.6 Å². The maximum absolute atomic E-state index is 13.5. The van der Waals surface area contributed by atoms with Crippen LogP contribution in [0.5, 0.6) is 0 Å². The van der Waals surface area contributed by atoms with Crippen molar-refractivity contribution in [3.05, 3.63) is 53.1 Å². The van der Waals surface area contributed by atoms with Crippen LogP contribution >= 0.6 is 0 Å². The van der Waals surface area contributed by atoms with E-state index in [1.807, 2.05) is 20.0 Å². The Balaban J connectivity index is 2.18. The zero-order valence-electron chi connectivity index (χ0n) is 10.6. The number of benzene rings is 1. The van der Waals surface area contributed by atoms with E-state index < -0.39 is 6.10 Å². The molecule has 0 fully saturated rings. The average molecular weight is 248 g/mol. The van der Waals surface area contributed by atoms with Crippen LogP contribution in [0.25, 0.3) is 0 Å². The fraction of sp³-hybridized carbons (Fsp3) is 0.357. The van der Waals surface area contributed by atoms with Crippen LogP contribution < -0.4 is 0 Å². The van der Waals surface area contributed by atoms with Crippen molar-refractivity contribution in [1.29, 1.82) is 0 Å². The maximum Gasteiger partial charge on any atom is 0.129 e. The Bertz CT molecular complexity index is 536. The summed E-state index contributed by atoms with van der Waals surface area (Å²) >= 11 is 0. The second-order valence-electron chi connectivity index (χ2n) is 4.35. The highest BCUT2D eigenvalue weighted by atomic mass is 19.1. The van der Waals surface area contributed by atoms with Gasteiger partial charge in [0.05, 0.1) is 11.8 Å². The standard InChI is InChI=1S/C14H17FN2O/c1-3-10-8-11(17(2)16-10)9-14(18)12-6-4-5-7-13(12)15/h4-8,14,18H,3,9H2,1-2H3. The number of halogens is 1. The molecular formula is C14H17FN2O. The quantitative estimate of drug-likeness (QED) is 0.902. The summed E-state index contributed by atoms with van der Waals surface area (Å²) in [5, 5.41) is 14.4. The van der Waals surface area contributed by atoms with Crippen LogP contribution in [0.4, 0.5) is 4.39 Å². The van der Waals surface area contributed by atoms with E-state index in [2.05, 4.69) is 5.10 Å². The van der Waals surface area contributed by atoms with Gasteiger partial charge < -0.3 is 5.11 Å². The van der Waals surface area contributed by atoms with Crippen molar-refractivity contribution in [2.45, 2.75) is 25.9 Å². The molecule has 0 aliphatic rings. The number of aliphatic hydroxyl groups excluding tert-OH is 1. The zero-order valence-corrected chi connectivity index (χ0v) is 10.6. The third kappa shape index (κ3) is 2.59. The largest absolute Gasteiger partial charge is 0.388 e. The molecule has 1 aromatic heterocycles. The van der Waals surface area contributed by atoms with Crippen LogP contribution in [-0.4, -0.2) is 14.9 Å². The monoisotopic (exact) mass is 248 g/mol. The highest BCUT2D eigenvalue weighted by molar-refractivity contribution is 5.22. The predicted octanol–water partition coefficient (Wildman–Crippen LogP) is 2.40. The number of aryl methyl sites for hydroxylation is 2. The van der Waals surface area contributed by atoms with E-state index in [4.69, 9.17) is 0 Å². The van der Waals surface area contributed by atoms with Gasteiger partial charge in [0.15, 0.2) is 0 Å². The molecule has 2 rings (SSSR count). The number of aliphatic hydroxyl groups is 1. The van der Waals surface area contributed by atoms with Crippen molar-refractivity contribution < 1.29 is 9.50 Å². The van der Waals surface area contributed by atoms with Gasteiger partial charge in [-0.2, -0.15) is 5.10 Å². The molecule has 0 radical (unpaired) electrons. The van der Waals surface area contributed by atoms with Crippen LogP contribution in [0.3, 0.4) is 0 Å². The van der Waals surface area contributed by atoms with Crippen molar-refractivity contribution in [3.63, 3.8) is 0 Å². The molecule has 1 atom stereocenters. The topological polar surface area (TPSA) is 38.0 Å². The van der Waals surface area contributed by atoms with Crippen LogP contribution in [-0.2, 0) is 19.9 Å². The molecule has 0 saturated heterocycles. The van der Waals surface area contributed by atoms with Gasteiger partial charge in [-0.25, -0.2) is 4.39 Å². The molecule has 0 saturated carbocycles. The fourth-order valence-electron chi connectivity index (χ4n) is 1.99. The Morgan fingerprint density at radius 1 is 1.39 bits per heavy atom. The van der Waals surface area contributed by atoms with E-state index in [0.29, 0.717) is 12.0 Å². The molecule has 0 aliphatic heterocycles. The summed E-state index contributed by atoms with van der Waals surface area (Å²) in [7, 11) is 1.84. The van der Waals surface area contributed by atoms with Gasteiger partial charge in [0, 0.05) is 24.7 Å². The van der Waals surface area contributed by atoms with Crippen LogP contribution in [0, 0.1) is 5.82 Å². The first-order valence-corrected chi connectivity index (χ1v) is 6.06. The number of nitrogens with zero attached hydrogens (tertiary/aromatic N) is 2. The minimum Gasteiger partial charge on any atom is -0.388 e. The van der Waals surface area contributed by atoms with Crippen molar-refractivity contribution in [2.75, 3.05) is 0 Å². The lowest BCUT2D eigenvalue weighted by Gasteiger charge is -2.11. The van der Waals surface area contributed by atoms with Gasteiger partial charge >= 0.3 is 0 Å². The van der Waals surface area contributed by atoms with Crippen molar-refractivity contribution >= 4 is 0 Å². The molecule has 1 N–H and O–H groups in total. The molecule has 0 bridgehead atoms. The molecule has 4 heteroatoms. The first kappa shape index (κ1) is 12.8. The number of aromatic nitrogens is 2. The van der Waals surface area contributed by atoms with Gasteiger partial charge in [-0.15, -0.1) is 0 Å². The third-order valence-corrected chi connectivity index (χ3v) is 3.06. The molecule has 3 nitrogen and oxygen atoms in total. The predicted molar refractivity (Wildman–Crippen MR) is 67.6 cm³/mol. The van der Waals surface area contributed by atoms with Crippen molar-refractivity contribution in [3.8, 4) is 0 Å². The SMILES string of the molecule is CCc1cc(CC(O)c2ccccc2F)n(C)n1. The molecule has 96 valence electrons. The average Bonchev–Trinajstić information content (AvgIpc) is 2.70. The highest BCUT2D eigenvalue weighted by Crippen LogP contribution is 2.21. The molecule has 0 aliphatic carbocycles. The van der Waals surface area contributed by atoms with Gasteiger partial charge in [0.2, 0.25) is 0 Å². The normalized spacial score (nSPS) is 12.7. The van der Waals surface area contributed by atoms with Crippen molar-refractivity contribution in [2.24, 2.45) is 7.05 Å². The van der Waals surface area contributed by atoms with Gasteiger partial charge in [-0.1, -0.05) is 25.1 Å². The van der Waals surface area contributed by atoms with E-state index in [1.54, 1.807) is 22.9 Å². The smallest absolute Gasteiger partial charge is 0.129 e. The lowest BCUT2D eigenvalue weighted by molar-refractivity contribution is 0.171. The second-order valence-corrected chi connectivity index (χ2v) is 4.35. The maximum atomic E-state index is 13.5. The summed E-state index contributed by atoms with van der Waals surface area (Å²) in [6, 6.07) is 8.26. The van der Waals surface area contributed by atoms with Crippen LogP contribution in [0.1, 0.15) is 30.0 Å². The minimum atomic E-state index is -0.841. The molecular weight excluding hydrogens is 231 g/mol. The van der Waals surface area contributed by atoms with E-state index in [-0.39, 0.29) is 5.82 Å². The Kier molecular flexibility index (Phi) is 3.77. The molecule has 0 amide bonds. The first-order chi connectivity index (χ1) is 8.61. The van der Waals surface area contributed by atoms with Gasteiger partial charge in [-0.3, -0.25) is 4.68 Å². The third-order valence-electron chi connectivity index (χ3n) is 3.06.